The molecule has 1 aliphatic carbocycles. The second-order valence-corrected chi connectivity index (χ2v) is 6.25. The van der Waals surface area contributed by atoms with E-state index in [-0.39, 0.29) is 5.60 Å². The molecule has 1 unspecified atom stereocenters. The normalized spacial score (nSPS) is 19.1. The summed E-state index contributed by atoms with van der Waals surface area (Å²) < 4.78 is 5.97. The molecule has 3 heteroatoms. The van der Waals surface area contributed by atoms with Crippen LogP contribution in [0.2, 0.25) is 5.02 Å². The van der Waals surface area contributed by atoms with E-state index < -0.39 is 0 Å². The van der Waals surface area contributed by atoms with E-state index in [0.717, 1.165) is 24.4 Å². The topological polar surface area (TPSA) is 21.3 Å². The zero-order chi connectivity index (χ0) is 14.4. The van der Waals surface area contributed by atoms with Crippen LogP contribution in [0.3, 0.4) is 0 Å². The second-order valence-electron chi connectivity index (χ2n) is 5.81. The summed E-state index contributed by atoms with van der Waals surface area (Å²) in [4.78, 5) is 0. The Labute approximate surface area is 127 Å². The van der Waals surface area contributed by atoms with E-state index in [1.54, 1.807) is 0 Å². The first-order valence-electron chi connectivity index (χ1n) is 7.73. The van der Waals surface area contributed by atoms with E-state index >= 15 is 0 Å². The Hall–Kier alpha value is -0.570. The molecule has 20 heavy (non-hydrogen) atoms. The van der Waals surface area contributed by atoms with Crippen LogP contribution in [-0.2, 0) is 11.2 Å². The molecule has 0 radical (unpaired) electrons. The van der Waals surface area contributed by atoms with Gasteiger partial charge >= 0.3 is 0 Å². The number of ether oxygens (including phenoxy) is 1. The van der Waals surface area contributed by atoms with E-state index in [4.69, 9.17) is 16.3 Å². The van der Waals surface area contributed by atoms with Crippen molar-refractivity contribution in [1.82, 2.24) is 5.32 Å². The third-order valence-corrected chi connectivity index (χ3v) is 4.74. The molecule has 1 aromatic rings. The fourth-order valence-corrected chi connectivity index (χ4v) is 3.41. The molecule has 112 valence electrons. The van der Waals surface area contributed by atoms with Crippen molar-refractivity contribution in [3.63, 3.8) is 0 Å². The summed E-state index contributed by atoms with van der Waals surface area (Å²) in [5.41, 5.74) is 1.33. The van der Waals surface area contributed by atoms with Gasteiger partial charge in [-0.05, 0) is 49.9 Å². The zero-order valence-corrected chi connectivity index (χ0v) is 13.4. The predicted octanol–water partition coefficient (Wildman–Crippen LogP) is 4.21. The molecule has 0 aromatic heterocycles. The van der Waals surface area contributed by atoms with Gasteiger partial charge in [0, 0.05) is 18.2 Å². The lowest BCUT2D eigenvalue weighted by Crippen LogP contribution is -2.52. The van der Waals surface area contributed by atoms with Gasteiger partial charge in [-0.25, -0.2) is 0 Å². The third-order valence-electron chi connectivity index (χ3n) is 4.49. The van der Waals surface area contributed by atoms with Crippen molar-refractivity contribution >= 4 is 11.6 Å². The number of hydrogen-bond acceptors (Lipinski definition) is 2. The van der Waals surface area contributed by atoms with Gasteiger partial charge in [0.15, 0.2) is 0 Å². The molecule has 2 nitrogen and oxygen atoms in total. The largest absolute Gasteiger partial charge is 0.377 e. The van der Waals surface area contributed by atoms with Crippen LogP contribution in [0.5, 0.6) is 0 Å². The van der Waals surface area contributed by atoms with Gasteiger partial charge in [0.2, 0.25) is 0 Å². The highest BCUT2D eigenvalue weighted by molar-refractivity contribution is 6.30. The van der Waals surface area contributed by atoms with E-state index in [2.05, 4.69) is 24.4 Å². The highest BCUT2D eigenvalue weighted by Crippen LogP contribution is 2.37. The second kappa shape index (κ2) is 7.44. The zero-order valence-electron chi connectivity index (χ0n) is 12.6. The Balaban J connectivity index is 2.12. The fourth-order valence-electron chi connectivity index (χ4n) is 3.29. The first-order valence-corrected chi connectivity index (χ1v) is 8.11. The van der Waals surface area contributed by atoms with E-state index in [1.807, 2.05) is 19.2 Å². The molecule has 1 aromatic carbocycles. The summed E-state index contributed by atoms with van der Waals surface area (Å²) in [6, 6.07) is 8.59. The lowest BCUT2D eigenvalue weighted by Gasteiger charge is -2.37. The average molecular weight is 296 g/mol. The van der Waals surface area contributed by atoms with Gasteiger partial charge in [-0.1, -0.05) is 43.5 Å². The summed E-state index contributed by atoms with van der Waals surface area (Å²) in [7, 11) is 1.87. The number of methoxy groups -OCH3 is 1. The van der Waals surface area contributed by atoms with E-state index in [9.17, 15) is 0 Å². The molecule has 1 saturated carbocycles. The predicted molar refractivity (Wildman–Crippen MR) is 85.4 cm³/mol. The highest BCUT2D eigenvalue weighted by Gasteiger charge is 2.41. The van der Waals surface area contributed by atoms with Crippen LogP contribution in [-0.4, -0.2) is 25.3 Å². The van der Waals surface area contributed by atoms with Gasteiger partial charge in [-0.15, -0.1) is 0 Å². The summed E-state index contributed by atoms with van der Waals surface area (Å²) in [6.45, 7) is 3.25. The Morgan fingerprint density at radius 2 is 1.90 bits per heavy atom. The molecular weight excluding hydrogens is 270 g/mol. The number of halogens is 1. The minimum Gasteiger partial charge on any atom is -0.377 e. The lowest BCUT2D eigenvalue weighted by atomic mass is 9.87. The van der Waals surface area contributed by atoms with Crippen LogP contribution in [0.4, 0.5) is 0 Å². The molecule has 1 N–H and O–H groups in total. The lowest BCUT2D eigenvalue weighted by molar-refractivity contribution is -0.0354. The molecule has 2 rings (SSSR count). The number of benzene rings is 1. The van der Waals surface area contributed by atoms with Crippen molar-refractivity contribution < 1.29 is 4.74 Å². The van der Waals surface area contributed by atoms with Crippen molar-refractivity contribution in [2.45, 2.75) is 57.1 Å². The SMILES string of the molecule is CCCNC(Cc1ccc(Cl)cc1)C1(OC)CCCC1. The maximum Gasteiger partial charge on any atom is 0.0834 e. The Bertz CT molecular complexity index is 398. The van der Waals surface area contributed by atoms with Crippen LogP contribution >= 0.6 is 11.6 Å². The quantitative estimate of drug-likeness (QED) is 0.813. The molecular formula is C17H26ClNO. The minimum absolute atomic E-state index is 0.00874. The number of rotatable bonds is 7. The summed E-state index contributed by atoms with van der Waals surface area (Å²) in [5.74, 6) is 0. The van der Waals surface area contributed by atoms with Crippen molar-refractivity contribution in [2.75, 3.05) is 13.7 Å². The monoisotopic (exact) mass is 295 g/mol. The van der Waals surface area contributed by atoms with Gasteiger partial charge in [0.25, 0.3) is 0 Å². The standard InChI is InChI=1S/C17H26ClNO/c1-3-12-19-16(17(20-2)10-4-5-11-17)13-14-6-8-15(18)9-7-14/h6-9,16,19H,3-5,10-13H2,1-2H3. The van der Waals surface area contributed by atoms with Gasteiger partial charge in [0.05, 0.1) is 5.60 Å². The molecule has 1 atom stereocenters. The molecule has 0 spiro atoms. The first-order chi connectivity index (χ1) is 9.70. The van der Waals surface area contributed by atoms with Gasteiger partial charge in [0.1, 0.15) is 0 Å². The number of hydrogen-bond donors (Lipinski definition) is 1. The molecule has 0 saturated heterocycles. The Morgan fingerprint density at radius 3 is 2.45 bits per heavy atom. The molecule has 0 heterocycles. The van der Waals surface area contributed by atoms with Gasteiger partial charge in [-0.3, -0.25) is 0 Å². The van der Waals surface area contributed by atoms with Crippen molar-refractivity contribution in [2.24, 2.45) is 0 Å². The summed E-state index contributed by atoms with van der Waals surface area (Å²) in [6.07, 6.45) is 7.04. The van der Waals surface area contributed by atoms with Crippen LogP contribution in [0.1, 0.15) is 44.6 Å². The van der Waals surface area contributed by atoms with E-state index in [0.29, 0.717) is 6.04 Å². The smallest absolute Gasteiger partial charge is 0.0834 e. The van der Waals surface area contributed by atoms with Crippen LogP contribution < -0.4 is 5.32 Å². The molecule has 1 aliphatic rings. The van der Waals surface area contributed by atoms with Crippen LogP contribution in [0, 0.1) is 0 Å². The molecule has 0 aliphatic heterocycles. The van der Waals surface area contributed by atoms with E-state index in [1.165, 1.54) is 31.2 Å². The minimum atomic E-state index is 0.00874. The third kappa shape index (κ3) is 3.75. The maximum absolute atomic E-state index is 5.97. The molecule has 0 amide bonds. The van der Waals surface area contributed by atoms with Crippen molar-refractivity contribution in [3.8, 4) is 0 Å². The van der Waals surface area contributed by atoms with Crippen LogP contribution in [0.25, 0.3) is 0 Å². The summed E-state index contributed by atoms with van der Waals surface area (Å²) >= 11 is 5.97. The molecule has 0 bridgehead atoms. The highest BCUT2D eigenvalue weighted by atomic mass is 35.5. The fraction of sp³-hybridized carbons (Fsp3) is 0.647. The molecule has 1 fully saturated rings. The van der Waals surface area contributed by atoms with Gasteiger partial charge in [-0.2, -0.15) is 0 Å². The number of nitrogens with one attached hydrogen (secondary N) is 1. The first kappa shape index (κ1) is 15.8. The van der Waals surface area contributed by atoms with Crippen LogP contribution in [0.15, 0.2) is 24.3 Å². The Kier molecular flexibility index (Phi) is 5.88. The summed E-state index contributed by atoms with van der Waals surface area (Å²) in [5, 5.41) is 4.51. The van der Waals surface area contributed by atoms with Crippen molar-refractivity contribution in [1.29, 1.82) is 0 Å². The van der Waals surface area contributed by atoms with Gasteiger partial charge < -0.3 is 10.1 Å². The van der Waals surface area contributed by atoms with Crippen molar-refractivity contribution in [3.05, 3.63) is 34.9 Å². The maximum atomic E-state index is 5.97. The Morgan fingerprint density at radius 1 is 1.25 bits per heavy atom. The average Bonchev–Trinajstić information content (AvgIpc) is 2.95.